The van der Waals surface area contributed by atoms with Crippen LogP contribution < -0.4 is 62.5 Å². The van der Waals surface area contributed by atoms with Crippen LogP contribution in [0, 0.1) is 5.92 Å². The number of fused-ring (bicyclic) bond motifs is 15. The number of aliphatic hydroxyl groups is 6. The Hall–Kier alpha value is -9.89. The number of alkyl carbamates (subject to hydrolysis) is 1. The number of halogens is 2. The second kappa shape index (κ2) is 31.8. The van der Waals surface area contributed by atoms with Gasteiger partial charge >= 0.3 is 12.1 Å². The van der Waals surface area contributed by atoms with E-state index in [1.807, 2.05) is 13.8 Å². The Labute approximate surface area is 606 Å². The first-order valence-corrected chi connectivity index (χ1v) is 33.4. The predicted octanol–water partition coefficient (Wildman–Crippen LogP) is 0.504. The number of aliphatic carboxylic acids is 1. The van der Waals surface area contributed by atoms with Gasteiger partial charge in [0.1, 0.15) is 95.6 Å². The molecule has 12 rings (SSSR count). The van der Waals surface area contributed by atoms with Gasteiger partial charge in [-0.25, -0.2) is 9.59 Å². The molecular formula is C68H77Cl2N9O26. The van der Waals surface area contributed by atoms with Crippen LogP contribution in [0.1, 0.15) is 105 Å². The summed E-state index contributed by atoms with van der Waals surface area (Å²) in [6.45, 7) is 5.47. The lowest BCUT2D eigenvalue weighted by Crippen LogP contribution is -2.66. The van der Waals surface area contributed by atoms with E-state index in [-0.39, 0.29) is 39.8 Å². The van der Waals surface area contributed by atoms with E-state index < -0.39 is 250 Å². The minimum absolute atomic E-state index is 0.110. The fourth-order valence-electron chi connectivity index (χ4n) is 12.9. The van der Waals surface area contributed by atoms with E-state index in [0.29, 0.717) is 0 Å². The number of benzene rings is 5. The zero-order valence-corrected chi connectivity index (χ0v) is 58.1. The Morgan fingerprint density at radius 1 is 0.714 bits per heavy atom. The summed E-state index contributed by atoms with van der Waals surface area (Å²) < 4.78 is 43.3. The van der Waals surface area contributed by atoms with Gasteiger partial charge in [-0.15, -0.1) is 0 Å². The topological polar surface area (TPSA) is 543 Å². The van der Waals surface area contributed by atoms with Crippen molar-refractivity contribution in [1.29, 1.82) is 0 Å². The van der Waals surface area contributed by atoms with Gasteiger partial charge in [-0.05, 0) is 110 Å². The van der Waals surface area contributed by atoms with Crippen LogP contribution in [0.3, 0.4) is 0 Å². The van der Waals surface area contributed by atoms with E-state index in [4.69, 9.17) is 62.1 Å². The molecule has 7 aliphatic heterocycles. The van der Waals surface area contributed by atoms with Crippen molar-refractivity contribution in [3.8, 4) is 57.1 Å². The van der Waals surface area contributed by atoms with Crippen LogP contribution in [0.5, 0.6) is 46.0 Å². The number of aromatic hydroxyl groups is 3. The quantitative estimate of drug-likeness (QED) is 0.0720. The number of amides is 8. The lowest BCUT2D eigenvalue weighted by atomic mass is 9.85. The second-order valence-electron chi connectivity index (χ2n) is 26.2. The van der Waals surface area contributed by atoms with Crippen molar-refractivity contribution in [3.63, 3.8) is 0 Å². The molecule has 35 nitrogen and oxygen atoms in total. The fraction of sp³-hybridized carbons (Fsp3) is 0.426. The predicted molar refractivity (Wildman–Crippen MR) is 361 cm³/mol. The van der Waals surface area contributed by atoms with Gasteiger partial charge in [-0.2, -0.15) is 0 Å². The third-order valence-corrected chi connectivity index (χ3v) is 18.9. The molecule has 37 heteroatoms. The van der Waals surface area contributed by atoms with Crippen LogP contribution in [0.4, 0.5) is 4.79 Å². The number of phenols is 3. The SMILES string of the molecule is CN[C@H](CC(C)C)C(=O)N[C@H]1C(=O)N[C@@H](CC(N)=O)C(=O)N[C@H]2C(=O)N[C@H]3C(=O)N[C@H](C(=O)N[C@H](C(=O)O)c4cc(O)cc(O)c4-c4cc3ccc4O)[C@H](O)c3ccc(c(Cl)c3)Oc3cc2cc(c3O[C@@H]2O[C@H](CO)[C@@H](O)[C@H](O)[C@H]2O[C@H]2C[C@](C)(NC(=O)OC)[C@H](O)[C@H](C)O2)Oc2ccc(cc2Cl)[C@H]1O. The van der Waals surface area contributed by atoms with Gasteiger partial charge in [-0.1, -0.05) is 55.2 Å². The van der Waals surface area contributed by atoms with Crippen LogP contribution in [0.2, 0.25) is 10.0 Å². The number of aliphatic hydroxyl groups excluding tert-OH is 6. The molecule has 11 bridgehead atoms. The molecule has 5 aromatic carbocycles. The third-order valence-electron chi connectivity index (χ3n) is 18.3. The van der Waals surface area contributed by atoms with Crippen molar-refractivity contribution >= 4 is 76.6 Å². The van der Waals surface area contributed by atoms with Crippen molar-refractivity contribution in [2.24, 2.45) is 11.7 Å². The molecular weight excluding hydrogens is 1430 g/mol. The monoisotopic (exact) mass is 1510 g/mol. The first-order chi connectivity index (χ1) is 49.6. The molecule has 0 spiro atoms. The summed E-state index contributed by atoms with van der Waals surface area (Å²) >= 11 is 14.1. The number of carboxylic acids is 1. The summed E-state index contributed by atoms with van der Waals surface area (Å²) in [5.41, 5.74) is 1.19. The first-order valence-electron chi connectivity index (χ1n) is 32.6. The number of ether oxygens (including phenoxy) is 7. The molecule has 2 fully saturated rings. The van der Waals surface area contributed by atoms with Crippen LogP contribution in [-0.2, 0) is 57.3 Å². The molecule has 7 aliphatic rings. The zero-order chi connectivity index (χ0) is 76.5. The number of nitrogens with two attached hydrogens (primary N) is 1. The number of primary amides is 1. The highest BCUT2D eigenvalue weighted by atomic mass is 35.5. The number of nitrogens with one attached hydrogen (secondary N) is 8. The van der Waals surface area contributed by atoms with Gasteiger partial charge in [-0.3, -0.25) is 33.6 Å². The van der Waals surface area contributed by atoms with Gasteiger partial charge in [0, 0.05) is 29.2 Å². The summed E-state index contributed by atoms with van der Waals surface area (Å²) in [7, 11) is 2.54. The van der Waals surface area contributed by atoms with Crippen molar-refractivity contribution in [3.05, 3.63) is 117 Å². The van der Waals surface area contributed by atoms with Crippen molar-refractivity contribution in [2.45, 2.75) is 156 Å². The number of rotatable bonds is 14. The van der Waals surface area contributed by atoms with Crippen LogP contribution in [0.25, 0.3) is 11.1 Å². The molecule has 105 heavy (non-hydrogen) atoms. The minimum Gasteiger partial charge on any atom is -0.508 e. The van der Waals surface area contributed by atoms with E-state index in [1.165, 1.54) is 33.0 Å². The van der Waals surface area contributed by atoms with Crippen LogP contribution in [0.15, 0.2) is 78.9 Å². The van der Waals surface area contributed by atoms with Crippen molar-refractivity contribution < 1.29 is 127 Å². The first kappa shape index (κ1) is 77.7. The normalized spacial score (nSPS) is 28.7. The molecule has 0 saturated carbocycles. The highest BCUT2D eigenvalue weighted by Crippen LogP contribution is 2.50. The molecule has 20 N–H and O–H groups in total. The Kier molecular flexibility index (Phi) is 23.6. The number of carboxylic acid groups (broad SMARTS) is 1. The largest absolute Gasteiger partial charge is 0.508 e. The second-order valence-corrected chi connectivity index (χ2v) is 27.1. The number of hydrogen-bond acceptors (Lipinski definition) is 26. The van der Waals surface area contributed by atoms with Gasteiger partial charge < -0.3 is 132 Å². The molecule has 5 aromatic rings. The summed E-state index contributed by atoms with van der Waals surface area (Å²) in [4.78, 5) is 130. The Morgan fingerprint density at radius 3 is 1.91 bits per heavy atom. The van der Waals surface area contributed by atoms with Crippen LogP contribution >= 0.6 is 23.2 Å². The average molecular weight is 1510 g/mol. The number of carbonyl (C=O) groups excluding carboxylic acids is 8. The summed E-state index contributed by atoms with van der Waals surface area (Å²) in [5, 5.41) is 134. The summed E-state index contributed by atoms with van der Waals surface area (Å²) in [5.74, 6) is -16.3. The standard InChI is InChI=1S/C68H77Cl2N9O26/c1-24(2)13-35(72-5)59(90)77-50-52(85)27-8-11-39(33(69)15-27)101-41-17-29-18-42(56(41)105-66-57(55(88)54(87)43(23-80)103-66)104-45-22-68(4,79-67(98)99-6)58(89)25(3)100-45)102-40-12-9-28(16-34(40)70)53(86)51-64(95)76-49(65(96)97)32-19-30(81)20-38(83)46(32)31-14-26(7-10-37(31)82)47(61(92)78-51)75-62(93)48(29)74-60(91)36(21-44(71)84)73-63(50)94/h7-12,14-20,24-25,35-36,43,45,47-55,57-58,66,72,80-83,85-89H,13,21-23H2,1-6H3,(H2,71,84)(H,73,94)(H,74,91)(H,75,93)(H,76,95)(H,77,90)(H,78,92)(H,79,98)(H,96,97)/t25-,35+,36-,43+,45-,47+,48+,49-,50+,51-,52+,53+,54+,55-,57+,58+,66-,68-/m0/s1. The molecule has 18 atom stereocenters. The zero-order valence-electron chi connectivity index (χ0n) is 56.6. The number of hydrogen-bond donors (Lipinski definition) is 19. The number of phenolic OH excluding ortho intramolecular Hbond substituents is 3. The molecule has 0 aliphatic carbocycles. The van der Waals surface area contributed by atoms with Crippen molar-refractivity contribution in [1.82, 2.24) is 42.5 Å². The molecule has 7 heterocycles. The van der Waals surface area contributed by atoms with E-state index in [2.05, 4.69) is 42.5 Å². The Balaban J connectivity index is 1.24. The molecule has 0 aromatic heterocycles. The molecule has 0 unspecified atom stereocenters. The molecule has 564 valence electrons. The smallest absolute Gasteiger partial charge is 0.407 e. The highest BCUT2D eigenvalue weighted by molar-refractivity contribution is 6.32. The molecule has 0 radical (unpaired) electrons. The maximum Gasteiger partial charge on any atom is 0.407 e. The average Bonchev–Trinajstić information content (AvgIpc) is 0.792. The fourth-order valence-corrected chi connectivity index (χ4v) is 13.3. The Morgan fingerprint density at radius 2 is 1.32 bits per heavy atom. The van der Waals surface area contributed by atoms with Gasteiger partial charge in [0.15, 0.2) is 29.9 Å². The van der Waals surface area contributed by atoms with Gasteiger partial charge in [0.2, 0.25) is 53.4 Å². The van der Waals surface area contributed by atoms with E-state index in [0.717, 1.165) is 73.8 Å². The van der Waals surface area contributed by atoms with E-state index in [1.54, 1.807) is 0 Å². The van der Waals surface area contributed by atoms with Crippen molar-refractivity contribution in [2.75, 3.05) is 20.8 Å². The van der Waals surface area contributed by atoms with Gasteiger partial charge in [0.05, 0.1) is 47.9 Å². The Bertz CT molecular complexity index is 4230. The summed E-state index contributed by atoms with van der Waals surface area (Å²) in [6, 6.07) is -1.01. The number of likely N-dealkylation sites (N-methyl/N-ethyl adjacent to an activating group) is 1. The molecule has 8 amide bonds. The third kappa shape index (κ3) is 16.6. The lowest BCUT2D eigenvalue weighted by molar-refractivity contribution is -0.334. The highest BCUT2D eigenvalue weighted by Gasteiger charge is 2.53. The maximum atomic E-state index is 16.1. The molecule has 2 saturated heterocycles. The number of methoxy groups -OCH3 is 1. The summed E-state index contributed by atoms with van der Waals surface area (Å²) in [6.07, 6.45) is -20.6. The number of carbonyl (C=O) groups is 9. The van der Waals surface area contributed by atoms with E-state index >= 15 is 14.4 Å². The maximum absolute atomic E-state index is 16.1. The van der Waals surface area contributed by atoms with Crippen LogP contribution in [-0.4, -0.2) is 204 Å². The minimum atomic E-state index is -2.38. The lowest BCUT2D eigenvalue weighted by Gasteiger charge is -2.48. The van der Waals surface area contributed by atoms with Gasteiger partial charge in [0.25, 0.3) is 0 Å². The van der Waals surface area contributed by atoms with E-state index in [9.17, 15) is 79.8 Å².